The van der Waals surface area contributed by atoms with Crippen LogP contribution in [0.4, 0.5) is 0 Å². The number of rotatable bonds is 8. The molecule has 0 aliphatic heterocycles. The quantitative estimate of drug-likeness (QED) is 0.583. The van der Waals surface area contributed by atoms with Crippen molar-refractivity contribution in [3.05, 3.63) is 29.3 Å². The van der Waals surface area contributed by atoms with Gasteiger partial charge in [0.1, 0.15) is 5.75 Å². The van der Waals surface area contributed by atoms with E-state index in [4.69, 9.17) is 9.84 Å². The average Bonchev–Trinajstić information content (AvgIpc) is 2.47. The van der Waals surface area contributed by atoms with Crippen molar-refractivity contribution in [2.24, 2.45) is 0 Å². The van der Waals surface area contributed by atoms with Crippen LogP contribution >= 0.6 is 11.8 Å². The maximum absolute atomic E-state index is 8.78. The second-order valence-electron chi connectivity index (χ2n) is 4.57. The third-order valence-electron chi connectivity index (χ3n) is 2.88. The van der Waals surface area contributed by atoms with Crippen molar-refractivity contribution in [2.75, 3.05) is 19.5 Å². The number of aliphatic hydroxyl groups excluding tert-OH is 1. The normalized spacial score (nSPS) is 9.95. The molecule has 1 N–H and O–H groups in total. The number of ether oxygens (including phenoxy) is 1. The van der Waals surface area contributed by atoms with Crippen LogP contribution in [0.2, 0.25) is 0 Å². The highest BCUT2D eigenvalue weighted by molar-refractivity contribution is 7.98. The fourth-order valence-electron chi connectivity index (χ4n) is 1.80. The van der Waals surface area contributed by atoms with Gasteiger partial charge >= 0.3 is 0 Å². The predicted molar refractivity (Wildman–Crippen MR) is 87.3 cm³/mol. The Morgan fingerprint density at radius 1 is 1.30 bits per heavy atom. The lowest BCUT2D eigenvalue weighted by Crippen LogP contribution is -1.91. The highest BCUT2D eigenvalue weighted by atomic mass is 32.2. The van der Waals surface area contributed by atoms with Gasteiger partial charge in [-0.2, -0.15) is 11.8 Å². The van der Waals surface area contributed by atoms with E-state index in [0.717, 1.165) is 17.1 Å². The van der Waals surface area contributed by atoms with E-state index in [1.165, 1.54) is 30.6 Å². The zero-order valence-corrected chi connectivity index (χ0v) is 13.3. The second-order valence-corrected chi connectivity index (χ2v) is 5.67. The third-order valence-corrected chi connectivity index (χ3v) is 4.00. The summed E-state index contributed by atoms with van der Waals surface area (Å²) >= 11 is 1.97. The highest BCUT2D eigenvalue weighted by Crippen LogP contribution is 2.22. The molecule has 1 aromatic carbocycles. The molecule has 0 unspecified atom stereocenters. The van der Waals surface area contributed by atoms with Gasteiger partial charge < -0.3 is 9.84 Å². The molecule has 0 aromatic heterocycles. The molecule has 0 aliphatic carbocycles. The van der Waals surface area contributed by atoms with Crippen LogP contribution in [0.25, 0.3) is 0 Å². The second kappa shape index (κ2) is 10.7. The van der Waals surface area contributed by atoms with Crippen molar-refractivity contribution in [3.63, 3.8) is 0 Å². The summed E-state index contributed by atoms with van der Waals surface area (Å²) in [5.41, 5.74) is 2.19. The molecule has 0 saturated carbocycles. The van der Waals surface area contributed by atoms with E-state index in [2.05, 4.69) is 30.9 Å². The van der Waals surface area contributed by atoms with Crippen molar-refractivity contribution in [3.8, 4) is 17.6 Å². The number of hydrogen-bond acceptors (Lipinski definition) is 3. The first-order valence-electron chi connectivity index (χ1n) is 7.16. The Kier molecular flexibility index (Phi) is 9.02. The van der Waals surface area contributed by atoms with Crippen molar-refractivity contribution in [1.82, 2.24) is 0 Å². The highest BCUT2D eigenvalue weighted by Gasteiger charge is 2.02. The van der Waals surface area contributed by atoms with Gasteiger partial charge in [0, 0.05) is 12.2 Å². The van der Waals surface area contributed by atoms with Crippen LogP contribution in [0.1, 0.15) is 43.7 Å². The van der Waals surface area contributed by atoms with Gasteiger partial charge in [0.15, 0.2) is 0 Å². The van der Waals surface area contributed by atoms with Crippen LogP contribution in [-0.2, 0) is 5.75 Å². The Morgan fingerprint density at radius 2 is 2.15 bits per heavy atom. The van der Waals surface area contributed by atoms with E-state index in [1.54, 1.807) is 7.11 Å². The van der Waals surface area contributed by atoms with Crippen LogP contribution < -0.4 is 4.74 Å². The standard InChI is InChI=1S/C17H24O2S/c1-3-4-7-12-20-14-15-9-10-17(19-2)16(13-15)8-5-6-11-18/h9-10,13,18H,3-4,6-7,11-12,14H2,1-2H3. The monoisotopic (exact) mass is 292 g/mol. The largest absolute Gasteiger partial charge is 0.495 e. The zero-order valence-electron chi connectivity index (χ0n) is 12.4. The molecular weight excluding hydrogens is 268 g/mol. The fourth-order valence-corrected chi connectivity index (χ4v) is 2.77. The Balaban J connectivity index is 2.60. The average molecular weight is 292 g/mol. The summed E-state index contributed by atoms with van der Waals surface area (Å²) in [6.45, 7) is 2.33. The van der Waals surface area contributed by atoms with Gasteiger partial charge in [0.2, 0.25) is 0 Å². The van der Waals surface area contributed by atoms with Crippen LogP contribution in [0.3, 0.4) is 0 Å². The van der Waals surface area contributed by atoms with Crippen LogP contribution in [0.15, 0.2) is 18.2 Å². The number of aliphatic hydroxyl groups is 1. The number of benzene rings is 1. The minimum absolute atomic E-state index is 0.0995. The topological polar surface area (TPSA) is 29.5 Å². The minimum atomic E-state index is 0.0995. The van der Waals surface area contributed by atoms with E-state index in [0.29, 0.717) is 6.42 Å². The first kappa shape index (κ1) is 16.9. The summed E-state index contributed by atoms with van der Waals surface area (Å²) in [5.74, 6) is 9.05. The lowest BCUT2D eigenvalue weighted by molar-refractivity contribution is 0.305. The summed E-state index contributed by atoms with van der Waals surface area (Å²) in [7, 11) is 1.66. The van der Waals surface area contributed by atoms with E-state index >= 15 is 0 Å². The molecule has 0 heterocycles. The van der Waals surface area contributed by atoms with Crippen LogP contribution in [0.5, 0.6) is 5.75 Å². The molecule has 1 aromatic rings. The fraction of sp³-hybridized carbons (Fsp3) is 0.529. The number of thioether (sulfide) groups is 1. The lowest BCUT2D eigenvalue weighted by atomic mass is 10.1. The molecule has 110 valence electrons. The van der Waals surface area contributed by atoms with E-state index in [1.807, 2.05) is 17.8 Å². The van der Waals surface area contributed by atoms with Gasteiger partial charge in [-0.3, -0.25) is 0 Å². The molecule has 1 rings (SSSR count). The molecule has 0 amide bonds. The summed E-state index contributed by atoms with van der Waals surface area (Å²) in [6, 6.07) is 6.17. The molecule has 20 heavy (non-hydrogen) atoms. The van der Waals surface area contributed by atoms with Crippen LogP contribution in [-0.4, -0.2) is 24.6 Å². The van der Waals surface area contributed by atoms with Crippen LogP contribution in [0, 0.1) is 11.8 Å². The molecule has 0 radical (unpaired) electrons. The Hall–Kier alpha value is -1.11. The summed E-state index contributed by atoms with van der Waals surface area (Å²) in [4.78, 5) is 0. The SMILES string of the molecule is CCCCCSCc1ccc(OC)c(C#CCCO)c1. The maximum Gasteiger partial charge on any atom is 0.134 e. The lowest BCUT2D eigenvalue weighted by Gasteiger charge is -2.07. The number of unbranched alkanes of at least 4 members (excludes halogenated alkanes) is 2. The first-order chi connectivity index (χ1) is 9.81. The van der Waals surface area contributed by atoms with E-state index in [9.17, 15) is 0 Å². The van der Waals surface area contributed by atoms with Gasteiger partial charge in [-0.1, -0.05) is 37.7 Å². The van der Waals surface area contributed by atoms with Crippen molar-refractivity contribution in [2.45, 2.75) is 38.4 Å². The molecule has 2 nitrogen and oxygen atoms in total. The molecular formula is C17H24O2S. The van der Waals surface area contributed by atoms with Gasteiger partial charge in [0.05, 0.1) is 19.3 Å². The van der Waals surface area contributed by atoms with Gasteiger partial charge in [-0.25, -0.2) is 0 Å². The Labute approximate surface area is 126 Å². The zero-order chi connectivity index (χ0) is 14.6. The third kappa shape index (κ3) is 6.36. The minimum Gasteiger partial charge on any atom is -0.495 e. The smallest absolute Gasteiger partial charge is 0.134 e. The number of methoxy groups -OCH3 is 1. The summed E-state index contributed by atoms with van der Waals surface area (Å²) < 4.78 is 5.32. The van der Waals surface area contributed by atoms with Gasteiger partial charge in [0.25, 0.3) is 0 Å². The summed E-state index contributed by atoms with van der Waals surface area (Å²) in [5, 5.41) is 8.78. The molecule has 0 bridgehead atoms. The molecule has 3 heteroatoms. The maximum atomic E-state index is 8.78. The molecule has 0 spiro atoms. The van der Waals surface area contributed by atoms with E-state index < -0.39 is 0 Å². The predicted octanol–water partition coefficient (Wildman–Crippen LogP) is 3.85. The Morgan fingerprint density at radius 3 is 2.85 bits per heavy atom. The van der Waals surface area contributed by atoms with Crippen molar-refractivity contribution >= 4 is 11.8 Å². The number of hydrogen-bond donors (Lipinski definition) is 1. The molecule has 0 saturated heterocycles. The first-order valence-corrected chi connectivity index (χ1v) is 8.31. The molecule has 0 atom stereocenters. The molecule has 0 aliphatic rings. The van der Waals surface area contributed by atoms with Crippen molar-refractivity contribution in [1.29, 1.82) is 0 Å². The van der Waals surface area contributed by atoms with Crippen molar-refractivity contribution < 1.29 is 9.84 Å². The molecule has 0 fully saturated rings. The summed E-state index contributed by atoms with van der Waals surface area (Å²) in [6.07, 6.45) is 4.38. The van der Waals surface area contributed by atoms with Gasteiger partial charge in [-0.05, 0) is 29.9 Å². The van der Waals surface area contributed by atoms with Gasteiger partial charge in [-0.15, -0.1) is 0 Å². The Bertz CT molecular complexity index is 446. The van der Waals surface area contributed by atoms with E-state index in [-0.39, 0.29) is 6.61 Å².